The van der Waals surface area contributed by atoms with Gasteiger partial charge in [0.2, 0.25) is 0 Å². The third kappa shape index (κ3) is 2.32. The van der Waals surface area contributed by atoms with Crippen LogP contribution >= 0.6 is 11.6 Å². The lowest BCUT2D eigenvalue weighted by Gasteiger charge is -1.95. The lowest BCUT2D eigenvalue weighted by Crippen LogP contribution is -2.03. The number of carbonyl (C=O) groups excluding carboxylic acids is 1. The molecule has 0 bridgehead atoms. The van der Waals surface area contributed by atoms with Crippen LogP contribution in [0.2, 0.25) is 0 Å². The molecule has 1 N–H and O–H groups in total. The van der Waals surface area contributed by atoms with Crippen molar-refractivity contribution in [3.05, 3.63) is 23.5 Å². The monoisotopic (exact) mass is 200 g/mol. The van der Waals surface area contributed by atoms with E-state index in [4.69, 9.17) is 11.6 Å². The minimum Gasteiger partial charge on any atom is -0.464 e. The molecular formula is C8H9ClN2O2. The summed E-state index contributed by atoms with van der Waals surface area (Å²) < 4.78 is 4.54. The van der Waals surface area contributed by atoms with Crippen molar-refractivity contribution in [3.63, 3.8) is 0 Å². The Morgan fingerprint density at radius 2 is 2.62 bits per heavy atom. The first-order valence-electron chi connectivity index (χ1n) is 3.63. The molecule has 0 saturated carbocycles. The third-order valence-corrected chi connectivity index (χ3v) is 1.62. The summed E-state index contributed by atoms with van der Waals surface area (Å²) in [6, 6.07) is 0. The van der Waals surface area contributed by atoms with Crippen LogP contribution < -0.4 is 0 Å². The van der Waals surface area contributed by atoms with Gasteiger partial charge in [0.1, 0.15) is 0 Å². The second-order valence-electron chi connectivity index (χ2n) is 2.25. The quantitative estimate of drug-likeness (QED) is 0.594. The molecule has 0 aliphatic rings. The van der Waals surface area contributed by atoms with Crippen LogP contribution in [0.1, 0.15) is 16.1 Å². The van der Waals surface area contributed by atoms with E-state index < -0.39 is 5.97 Å². The summed E-state index contributed by atoms with van der Waals surface area (Å²) in [4.78, 5) is 11.1. The molecular weight excluding hydrogens is 192 g/mol. The molecule has 70 valence electrons. The summed E-state index contributed by atoms with van der Waals surface area (Å²) in [5.74, 6) is -0.0436. The summed E-state index contributed by atoms with van der Waals surface area (Å²) in [5, 5.41) is 6.27. The number of methoxy groups -OCH3 is 1. The second-order valence-corrected chi connectivity index (χ2v) is 2.56. The van der Waals surface area contributed by atoms with Gasteiger partial charge in [-0.2, -0.15) is 5.10 Å². The zero-order valence-electron chi connectivity index (χ0n) is 7.08. The Morgan fingerprint density at radius 3 is 3.23 bits per heavy atom. The molecule has 0 saturated heterocycles. The zero-order valence-corrected chi connectivity index (χ0v) is 7.84. The molecule has 1 aromatic rings. The molecule has 0 radical (unpaired) electrons. The summed E-state index contributed by atoms with van der Waals surface area (Å²) in [7, 11) is 1.32. The number of H-pyrrole nitrogens is 1. The Labute approximate surface area is 80.5 Å². The first-order valence-corrected chi connectivity index (χ1v) is 4.17. The molecule has 1 rings (SSSR count). The fraction of sp³-hybridized carbons (Fsp3) is 0.250. The third-order valence-electron chi connectivity index (χ3n) is 1.44. The van der Waals surface area contributed by atoms with Crippen molar-refractivity contribution in [1.82, 2.24) is 10.2 Å². The van der Waals surface area contributed by atoms with E-state index in [-0.39, 0.29) is 0 Å². The molecule has 0 amide bonds. The lowest BCUT2D eigenvalue weighted by molar-refractivity contribution is 0.0594. The molecule has 0 spiro atoms. The fourth-order valence-electron chi connectivity index (χ4n) is 0.859. The number of rotatable bonds is 3. The van der Waals surface area contributed by atoms with Gasteiger partial charge < -0.3 is 4.74 Å². The number of halogens is 1. The Bertz CT molecular complexity index is 320. The highest BCUT2D eigenvalue weighted by Crippen LogP contribution is 2.08. The second kappa shape index (κ2) is 4.67. The van der Waals surface area contributed by atoms with Gasteiger partial charge in [-0.1, -0.05) is 12.2 Å². The van der Waals surface area contributed by atoms with Gasteiger partial charge in [-0.25, -0.2) is 4.79 Å². The first-order chi connectivity index (χ1) is 6.29. The highest BCUT2D eigenvalue weighted by Gasteiger charge is 2.11. The number of esters is 1. The maximum absolute atomic E-state index is 11.1. The first kappa shape index (κ1) is 9.80. The van der Waals surface area contributed by atoms with Crippen LogP contribution in [0, 0.1) is 0 Å². The van der Waals surface area contributed by atoms with Gasteiger partial charge in [0.05, 0.1) is 13.3 Å². The number of hydrogen-bond donors (Lipinski definition) is 1. The number of carbonyl (C=O) groups is 1. The fourth-order valence-corrected chi connectivity index (χ4v) is 0.948. The van der Waals surface area contributed by atoms with Gasteiger partial charge in [0, 0.05) is 11.4 Å². The van der Waals surface area contributed by atoms with Gasteiger partial charge in [-0.05, 0) is 0 Å². The molecule has 13 heavy (non-hydrogen) atoms. The Kier molecular flexibility index (Phi) is 3.52. The minimum absolute atomic E-state index is 0.337. The van der Waals surface area contributed by atoms with Crippen molar-refractivity contribution in [3.8, 4) is 0 Å². The van der Waals surface area contributed by atoms with Crippen LogP contribution in [0.4, 0.5) is 0 Å². The standard InChI is InChI=1S/C8H9ClN2O2/c1-13-8(12)7-6(3-2-4-9)5-10-11-7/h2-3,5H,4H2,1H3,(H,10,11). The normalized spacial score (nSPS) is 10.6. The number of alkyl halides is 1. The average molecular weight is 201 g/mol. The van der Waals surface area contributed by atoms with Crippen molar-refractivity contribution in [2.24, 2.45) is 0 Å². The van der Waals surface area contributed by atoms with Crippen molar-refractivity contribution < 1.29 is 9.53 Å². The van der Waals surface area contributed by atoms with Crippen LogP contribution in [0.15, 0.2) is 12.3 Å². The highest BCUT2D eigenvalue weighted by atomic mass is 35.5. The molecule has 1 aromatic heterocycles. The lowest BCUT2D eigenvalue weighted by atomic mass is 10.2. The number of aromatic amines is 1. The van der Waals surface area contributed by atoms with Gasteiger partial charge >= 0.3 is 5.97 Å². The molecule has 0 fully saturated rings. The van der Waals surface area contributed by atoms with Crippen LogP contribution in [0.3, 0.4) is 0 Å². The van der Waals surface area contributed by atoms with Gasteiger partial charge in [0.15, 0.2) is 5.69 Å². The topological polar surface area (TPSA) is 55.0 Å². The van der Waals surface area contributed by atoms with E-state index in [0.717, 1.165) is 0 Å². The minimum atomic E-state index is -0.438. The number of aromatic nitrogens is 2. The highest BCUT2D eigenvalue weighted by molar-refractivity contribution is 6.19. The molecule has 0 unspecified atom stereocenters. The predicted molar refractivity (Wildman–Crippen MR) is 49.7 cm³/mol. The van der Waals surface area contributed by atoms with Crippen molar-refractivity contribution >= 4 is 23.6 Å². The number of nitrogens with one attached hydrogen (secondary N) is 1. The van der Waals surface area contributed by atoms with Crippen LogP contribution in [-0.2, 0) is 4.74 Å². The average Bonchev–Trinajstić information content (AvgIpc) is 2.61. The molecule has 0 aliphatic carbocycles. The van der Waals surface area contributed by atoms with E-state index in [1.807, 2.05) is 0 Å². The summed E-state index contributed by atoms with van der Waals surface area (Å²) >= 11 is 5.45. The van der Waals surface area contributed by atoms with Gasteiger partial charge in [-0.15, -0.1) is 11.6 Å². The summed E-state index contributed by atoms with van der Waals surface area (Å²) in [6.45, 7) is 0. The Balaban J connectivity index is 2.89. The largest absolute Gasteiger partial charge is 0.464 e. The van der Waals surface area contributed by atoms with E-state index in [9.17, 15) is 4.79 Å². The summed E-state index contributed by atoms with van der Waals surface area (Å²) in [5.41, 5.74) is 1.01. The van der Waals surface area contributed by atoms with Crippen LogP contribution in [0.25, 0.3) is 6.08 Å². The molecule has 0 aromatic carbocycles. The Hall–Kier alpha value is -1.29. The molecule has 0 aliphatic heterocycles. The van der Waals surface area contributed by atoms with E-state index in [1.54, 1.807) is 12.2 Å². The Morgan fingerprint density at radius 1 is 1.85 bits per heavy atom. The molecule has 0 atom stereocenters. The molecule has 1 heterocycles. The van der Waals surface area contributed by atoms with E-state index in [2.05, 4.69) is 14.9 Å². The molecule has 5 heteroatoms. The maximum atomic E-state index is 11.1. The number of hydrogen-bond acceptors (Lipinski definition) is 3. The maximum Gasteiger partial charge on any atom is 0.356 e. The van der Waals surface area contributed by atoms with Crippen molar-refractivity contribution in [2.45, 2.75) is 0 Å². The number of ether oxygens (including phenoxy) is 1. The van der Waals surface area contributed by atoms with Crippen molar-refractivity contribution in [1.29, 1.82) is 0 Å². The number of nitrogens with zero attached hydrogens (tertiary/aromatic N) is 1. The zero-order chi connectivity index (χ0) is 9.68. The predicted octanol–water partition coefficient (Wildman–Crippen LogP) is 1.45. The summed E-state index contributed by atoms with van der Waals surface area (Å²) in [6.07, 6.45) is 4.97. The number of allylic oxidation sites excluding steroid dienone is 1. The van der Waals surface area contributed by atoms with E-state index in [0.29, 0.717) is 17.1 Å². The SMILES string of the molecule is COC(=O)c1[nH]ncc1C=CCCl. The van der Waals surface area contributed by atoms with Gasteiger partial charge in [0.25, 0.3) is 0 Å². The van der Waals surface area contributed by atoms with Crippen LogP contribution in [0.5, 0.6) is 0 Å². The van der Waals surface area contributed by atoms with E-state index >= 15 is 0 Å². The van der Waals surface area contributed by atoms with Crippen molar-refractivity contribution in [2.75, 3.05) is 13.0 Å². The van der Waals surface area contributed by atoms with Gasteiger partial charge in [-0.3, -0.25) is 5.10 Å². The van der Waals surface area contributed by atoms with E-state index in [1.165, 1.54) is 13.3 Å². The van der Waals surface area contributed by atoms with Crippen LogP contribution in [-0.4, -0.2) is 29.2 Å². The molecule has 4 nitrogen and oxygen atoms in total. The smallest absolute Gasteiger partial charge is 0.356 e.